The highest BCUT2D eigenvalue weighted by molar-refractivity contribution is 5.87. The average Bonchev–Trinajstić information content (AvgIpc) is 3.16. The Labute approximate surface area is 158 Å². The fourth-order valence-corrected chi connectivity index (χ4v) is 5.16. The lowest BCUT2D eigenvalue weighted by Gasteiger charge is -2.40. The number of carbonyl (C=O) groups excluding carboxylic acids is 2. The quantitative estimate of drug-likeness (QED) is 0.339. The van der Waals surface area contributed by atoms with E-state index in [-0.39, 0.29) is 12.4 Å². The van der Waals surface area contributed by atoms with Crippen molar-refractivity contribution in [3.05, 3.63) is 23.8 Å². The van der Waals surface area contributed by atoms with E-state index in [1.54, 1.807) is 39.8 Å². The Balaban J connectivity index is 1.79. The zero-order valence-corrected chi connectivity index (χ0v) is 16.2. The van der Waals surface area contributed by atoms with Gasteiger partial charge in [0.15, 0.2) is 5.60 Å². The molecule has 2 aliphatic heterocycles. The smallest absolute Gasteiger partial charge is 0.333 e. The van der Waals surface area contributed by atoms with Gasteiger partial charge in [-0.1, -0.05) is 19.1 Å². The monoisotopic (exact) mass is 378 g/mol. The van der Waals surface area contributed by atoms with E-state index in [2.05, 4.69) is 0 Å². The number of ether oxygens (including phenoxy) is 2. The molecule has 1 unspecified atom stereocenters. The summed E-state index contributed by atoms with van der Waals surface area (Å²) in [6, 6.07) is 0. The van der Waals surface area contributed by atoms with Crippen molar-refractivity contribution in [1.82, 2.24) is 0 Å². The molecule has 3 fully saturated rings. The molecule has 8 atom stereocenters. The van der Waals surface area contributed by atoms with Crippen molar-refractivity contribution < 1.29 is 33.9 Å². The molecule has 2 bridgehead atoms. The van der Waals surface area contributed by atoms with Gasteiger partial charge in [-0.3, -0.25) is 4.79 Å². The van der Waals surface area contributed by atoms with Gasteiger partial charge < -0.3 is 14.6 Å². The maximum atomic E-state index is 12.4. The van der Waals surface area contributed by atoms with Gasteiger partial charge in [-0.2, -0.15) is 0 Å². The highest BCUT2D eigenvalue weighted by Crippen LogP contribution is 2.62. The molecule has 2 aliphatic carbocycles. The molecule has 7 heteroatoms. The van der Waals surface area contributed by atoms with Crippen LogP contribution in [0.4, 0.5) is 0 Å². The van der Waals surface area contributed by atoms with Crippen LogP contribution >= 0.6 is 0 Å². The molecule has 0 aromatic heterocycles. The molecule has 0 aromatic carbocycles. The van der Waals surface area contributed by atoms with Crippen LogP contribution in [0.15, 0.2) is 23.8 Å². The van der Waals surface area contributed by atoms with Gasteiger partial charge in [0.05, 0.1) is 11.8 Å². The normalized spacial score (nSPS) is 50.8. The molecular weight excluding hydrogens is 352 g/mol. The summed E-state index contributed by atoms with van der Waals surface area (Å²) in [7, 11) is 0. The van der Waals surface area contributed by atoms with Gasteiger partial charge in [0.25, 0.3) is 0 Å². The number of esters is 2. The first-order valence-corrected chi connectivity index (χ1v) is 9.40. The van der Waals surface area contributed by atoms with E-state index in [1.165, 1.54) is 0 Å². The number of aliphatic hydroxyl groups is 1. The Bertz CT molecular complexity index is 753. The summed E-state index contributed by atoms with van der Waals surface area (Å²) in [6.45, 7) is 8.71. The fourth-order valence-electron chi connectivity index (χ4n) is 5.16. The van der Waals surface area contributed by atoms with Crippen LogP contribution < -0.4 is 0 Å². The van der Waals surface area contributed by atoms with E-state index in [4.69, 9.17) is 19.2 Å². The second kappa shape index (κ2) is 5.65. The number of allylic oxidation sites excluding steroid dienone is 1. The molecule has 4 rings (SSSR count). The van der Waals surface area contributed by atoms with E-state index >= 15 is 0 Å². The maximum Gasteiger partial charge on any atom is 0.333 e. The van der Waals surface area contributed by atoms with Gasteiger partial charge in [0, 0.05) is 17.9 Å². The summed E-state index contributed by atoms with van der Waals surface area (Å²) in [4.78, 5) is 36.1. The van der Waals surface area contributed by atoms with Gasteiger partial charge in [0.2, 0.25) is 0 Å². The van der Waals surface area contributed by atoms with Crippen LogP contribution in [0.1, 0.15) is 41.0 Å². The van der Waals surface area contributed by atoms with Crippen molar-refractivity contribution in [3.63, 3.8) is 0 Å². The molecule has 148 valence electrons. The molecular formula is C20H26O7. The minimum absolute atomic E-state index is 0.109. The second-order valence-electron chi connectivity index (χ2n) is 8.62. The van der Waals surface area contributed by atoms with Gasteiger partial charge in [-0.15, -0.1) is 0 Å². The van der Waals surface area contributed by atoms with Crippen molar-refractivity contribution >= 4 is 11.9 Å². The van der Waals surface area contributed by atoms with Crippen molar-refractivity contribution in [1.29, 1.82) is 0 Å². The Hall–Kier alpha value is -1.70. The summed E-state index contributed by atoms with van der Waals surface area (Å²) in [5, 5.41) is 11.4. The SMILES string of the molecule is C/C=C(\C)C(=O)O[C@@H]1CC(C)(O)[C@]23C=C[C@](C)(OO2)[C@@H]3[C@H]2OC(=O)[C@H](C)[C@@H]21. The standard InChI is InChI=1S/C20H26O7/c1-6-10(2)16(21)24-12-9-19(5,23)20-8-7-18(4,26-27-20)15(20)14-13(12)11(3)17(22)25-14/h6-8,11-15,23H,9H2,1-5H3/b10-6+/t11-,12-,13-,14+,15+,18+,19?,20-/m1/s1. The van der Waals surface area contributed by atoms with E-state index in [9.17, 15) is 14.7 Å². The lowest BCUT2D eigenvalue weighted by atomic mass is 9.70. The Morgan fingerprint density at radius 3 is 2.63 bits per heavy atom. The zero-order chi connectivity index (χ0) is 19.8. The number of hydrogen-bond acceptors (Lipinski definition) is 7. The van der Waals surface area contributed by atoms with Gasteiger partial charge in [-0.05, 0) is 33.8 Å². The first-order chi connectivity index (χ1) is 12.6. The molecule has 0 aromatic rings. The molecule has 4 aliphatic rings. The van der Waals surface area contributed by atoms with E-state index in [0.717, 1.165) is 0 Å². The fraction of sp³-hybridized carbons (Fsp3) is 0.700. The van der Waals surface area contributed by atoms with Crippen molar-refractivity contribution in [2.45, 2.75) is 70.1 Å². The third-order valence-corrected chi connectivity index (χ3v) is 6.89. The molecule has 1 saturated carbocycles. The minimum atomic E-state index is -1.38. The predicted octanol–water partition coefficient (Wildman–Crippen LogP) is 1.84. The van der Waals surface area contributed by atoms with Gasteiger partial charge >= 0.3 is 11.9 Å². The first-order valence-electron chi connectivity index (χ1n) is 9.40. The van der Waals surface area contributed by atoms with Crippen LogP contribution in [-0.2, 0) is 28.8 Å². The summed E-state index contributed by atoms with van der Waals surface area (Å²) >= 11 is 0. The number of hydrogen-bond donors (Lipinski definition) is 1. The van der Waals surface area contributed by atoms with Crippen molar-refractivity contribution in [2.75, 3.05) is 0 Å². The number of rotatable bonds is 2. The second-order valence-corrected chi connectivity index (χ2v) is 8.62. The number of carbonyl (C=O) groups is 2. The highest BCUT2D eigenvalue weighted by Gasteiger charge is 2.75. The highest BCUT2D eigenvalue weighted by atomic mass is 17.2. The topological polar surface area (TPSA) is 91.3 Å². The van der Waals surface area contributed by atoms with Crippen LogP contribution in [0.5, 0.6) is 0 Å². The van der Waals surface area contributed by atoms with E-state index in [1.807, 2.05) is 13.0 Å². The molecule has 0 radical (unpaired) electrons. The Morgan fingerprint density at radius 2 is 2.04 bits per heavy atom. The summed E-state index contributed by atoms with van der Waals surface area (Å²) in [6.07, 6.45) is 4.17. The van der Waals surface area contributed by atoms with Crippen LogP contribution in [0.25, 0.3) is 0 Å². The summed E-state index contributed by atoms with van der Waals surface area (Å²) in [5.74, 6) is -2.08. The summed E-state index contributed by atoms with van der Waals surface area (Å²) < 4.78 is 11.5. The van der Waals surface area contributed by atoms with Crippen LogP contribution in [0, 0.1) is 17.8 Å². The molecule has 0 spiro atoms. The average molecular weight is 378 g/mol. The maximum absolute atomic E-state index is 12.4. The van der Waals surface area contributed by atoms with Crippen molar-refractivity contribution in [2.24, 2.45) is 17.8 Å². The van der Waals surface area contributed by atoms with Crippen molar-refractivity contribution in [3.8, 4) is 0 Å². The lowest BCUT2D eigenvalue weighted by Crippen LogP contribution is -2.56. The Kier molecular flexibility index (Phi) is 3.91. The number of fused-ring (bicyclic) bond motifs is 1. The zero-order valence-electron chi connectivity index (χ0n) is 16.2. The van der Waals surface area contributed by atoms with E-state index < -0.39 is 52.7 Å². The first kappa shape index (κ1) is 18.7. The molecule has 0 amide bonds. The molecule has 1 N–H and O–H groups in total. The lowest BCUT2D eigenvalue weighted by molar-refractivity contribution is -0.361. The van der Waals surface area contributed by atoms with E-state index in [0.29, 0.717) is 5.57 Å². The minimum Gasteiger partial charge on any atom is -0.461 e. The molecule has 2 heterocycles. The molecule has 7 nitrogen and oxygen atoms in total. The molecule has 27 heavy (non-hydrogen) atoms. The summed E-state index contributed by atoms with van der Waals surface area (Å²) in [5.41, 5.74) is -2.89. The van der Waals surface area contributed by atoms with Crippen LogP contribution in [0.3, 0.4) is 0 Å². The third kappa shape index (κ3) is 2.31. The third-order valence-electron chi connectivity index (χ3n) is 6.89. The van der Waals surface area contributed by atoms with Crippen LogP contribution in [-0.4, -0.2) is 46.1 Å². The predicted molar refractivity (Wildman–Crippen MR) is 93.0 cm³/mol. The van der Waals surface area contributed by atoms with Gasteiger partial charge in [-0.25, -0.2) is 14.6 Å². The van der Waals surface area contributed by atoms with Gasteiger partial charge in [0.1, 0.15) is 23.4 Å². The largest absolute Gasteiger partial charge is 0.461 e. The van der Waals surface area contributed by atoms with Crippen LogP contribution in [0.2, 0.25) is 0 Å². The molecule has 2 saturated heterocycles. The Morgan fingerprint density at radius 1 is 1.33 bits per heavy atom.